The fourth-order valence-corrected chi connectivity index (χ4v) is 1.75. The third kappa shape index (κ3) is 2.66. The quantitative estimate of drug-likeness (QED) is 0.538. The van der Waals surface area contributed by atoms with Crippen LogP contribution in [0.4, 0.5) is 4.39 Å². The van der Waals surface area contributed by atoms with Crippen LogP contribution in [0.1, 0.15) is 11.5 Å². The van der Waals surface area contributed by atoms with Gasteiger partial charge in [0.05, 0.1) is 6.21 Å². The van der Waals surface area contributed by atoms with Gasteiger partial charge in [-0.05, 0) is 18.2 Å². The lowest BCUT2D eigenvalue weighted by atomic mass is 10.2. The molecule has 20 heavy (non-hydrogen) atoms. The summed E-state index contributed by atoms with van der Waals surface area (Å²) in [6.45, 7) is 0.0969. The Morgan fingerprint density at radius 3 is 2.80 bits per heavy atom. The molecule has 0 aliphatic rings. The summed E-state index contributed by atoms with van der Waals surface area (Å²) in [4.78, 5) is 9.29. The van der Waals surface area contributed by atoms with E-state index in [1.54, 1.807) is 18.2 Å². The van der Waals surface area contributed by atoms with Gasteiger partial charge in [-0.25, -0.2) is 9.37 Å². The van der Waals surface area contributed by atoms with Crippen LogP contribution in [0.5, 0.6) is 0 Å². The van der Waals surface area contributed by atoms with Gasteiger partial charge in [0.1, 0.15) is 11.3 Å². The normalized spacial score (nSPS) is 11.2. The lowest BCUT2D eigenvalue weighted by molar-refractivity contribution is 0.113. The molecule has 2 aromatic carbocycles. The van der Waals surface area contributed by atoms with Crippen molar-refractivity contribution in [2.75, 3.05) is 0 Å². The molecule has 3 rings (SSSR count). The molecule has 0 N–H and O–H groups in total. The molecule has 5 heteroatoms. The van der Waals surface area contributed by atoms with Crippen molar-refractivity contribution < 1.29 is 13.6 Å². The molecule has 1 aromatic heterocycles. The Bertz CT molecular complexity index is 719. The van der Waals surface area contributed by atoms with Crippen LogP contribution < -0.4 is 0 Å². The molecule has 1 heterocycles. The van der Waals surface area contributed by atoms with Gasteiger partial charge in [0, 0.05) is 5.56 Å². The first kappa shape index (κ1) is 12.3. The van der Waals surface area contributed by atoms with Crippen LogP contribution >= 0.6 is 0 Å². The van der Waals surface area contributed by atoms with Crippen molar-refractivity contribution in [3.8, 4) is 0 Å². The summed E-state index contributed by atoms with van der Waals surface area (Å²) in [5.41, 5.74) is 1.83. The Balaban J connectivity index is 1.64. The second-order valence-corrected chi connectivity index (χ2v) is 4.10. The molecule has 4 nitrogen and oxygen atoms in total. The number of hydrogen-bond acceptors (Lipinski definition) is 4. The number of benzene rings is 2. The first-order valence-corrected chi connectivity index (χ1v) is 6.07. The zero-order chi connectivity index (χ0) is 13.8. The fraction of sp³-hybridized carbons (Fsp3) is 0.0667. The summed E-state index contributed by atoms with van der Waals surface area (Å²) in [6.07, 6.45) is 1.32. The highest BCUT2D eigenvalue weighted by atomic mass is 19.1. The van der Waals surface area contributed by atoms with E-state index in [-0.39, 0.29) is 12.4 Å². The summed E-state index contributed by atoms with van der Waals surface area (Å²) in [7, 11) is 0. The average Bonchev–Trinajstić information content (AvgIpc) is 2.88. The molecule has 0 spiro atoms. The Kier molecular flexibility index (Phi) is 3.41. The van der Waals surface area contributed by atoms with E-state index in [2.05, 4.69) is 10.1 Å². The van der Waals surface area contributed by atoms with Gasteiger partial charge in [-0.2, -0.15) is 0 Å². The number of hydrogen-bond donors (Lipinski definition) is 0. The Morgan fingerprint density at radius 2 is 1.95 bits per heavy atom. The van der Waals surface area contributed by atoms with E-state index in [1.165, 1.54) is 12.3 Å². The smallest absolute Gasteiger partial charge is 0.236 e. The van der Waals surface area contributed by atoms with Crippen molar-refractivity contribution >= 4 is 17.3 Å². The molecule has 0 aliphatic carbocycles. The third-order valence-corrected chi connectivity index (χ3v) is 2.70. The topological polar surface area (TPSA) is 47.6 Å². The van der Waals surface area contributed by atoms with E-state index in [1.807, 2.05) is 24.3 Å². The standard InChI is InChI=1S/C15H11FN2O2/c16-12-6-2-1-5-11(12)9-17-19-10-15-18-13-7-3-4-8-14(13)20-15/h1-9H,10H2/b17-9-. The molecule has 0 saturated carbocycles. The number of fused-ring (bicyclic) bond motifs is 1. The maximum Gasteiger partial charge on any atom is 0.236 e. The van der Waals surface area contributed by atoms with Gasteiger partial charge in [0.25, 0.3) is 0 Å². The van der Waals surface area contributed by atoms with Crippen molar-refractivity contribution in [3.05, 3.63) is 65.8 Å². The first-order valence-electron chi connectivity index (χ1n) is 6.07. The highest BCUT2D eigenvalue weighted by Gasteiger charge is 2.04. The van der Waals surface area contributed by atoms with E-state index in [0.29, 0.717) is 17.0 Å². The van der Waals surface area contributed by atoms with Crippen LogP contribution in [0.15, 0.2) is 58.1 Å². The number of nitrogens with zero attached hydrogens (tertiary/aromatic N) is 2. The molecular weight excluding hydrogens is 259 g/mol. The van der Waals surface area contributed by atoms with Crippen molar-refractivity contribution in [2.24, 2.45) is 5.16 Å². The second kappa shape index (κ2) is 5.52. The number of rotatable bonds is 4. The maximum absolute atomic E-state index is 13.3. The largest absolute Gasteiger partial charge is 0.437 e. The minimum atomic E-state index is -0.346. The fourth-order valence-electron chi connectivity index (χ4n) is 1.75. The van der Waals surface area contributed by atoms with Crippen LogP contribution in [0.3, 0.4) is 0 Å². The zero-order valence-corrected chi connectivity index (χ0v) is 10.5. The number of oxazole rings is 1. The monoisotopic (exact) mass is 270 g/mol. The lowest BCUT2D eigenvalue weighted by Crippen LogP contribution is -1.90. The lowest BCUT2D eigenvalue weighted by Gasteiger charge is -1.95. The van der Waals surface area contributed by atoms with Gasteiger partial charge in [-0.3, -0.25) is 0 Å². The number of aromatic nitrogens is 1. The summed E-state index contributed by atoms with van der Waals surface area (Å²) < 4.78 is 18.8. The van der Waals surface area contributed by atoms with Crippen LogP contribution in [0, 0.1) is 5.82 Å². The number of para-hydroxylation sites is 2. The van der Waals surface area contributed by atoms with E-state index in [0.717, 1.165) is 5.52 Å². The van der Waals surface area contributed by atoms with E-state index in [4.69, 9.17) is 9.25 Å². The van der Waals surface area contributed by atoms with E-state index >= 15 is 0 Å². The van der Waals surface area contributed by atoms with Crippen LogP contribution in [-0.4, -0.2) is 11.2 Å². The van der Waals surface area contributed by atoms with E-state index < -0.39 is 0 Å². The molecule has 0 atom stereocenters. The highest BCUT2D eigenvalue weighted by molar-refractivity contribution is 5.79. The van der Waals surface area contributed by atoms with Gasteiger partial charge in [-0.1, -0.05) is 35.5 Å². The molecule has 3 aromatic rings. The van der Waals surface area contributed by atoms with Crippen molar-refractivity contribution in [1.29, 1.82) is 0 Å². The van der Waals surface area contributed by atoms with Crippen LogP contribution in [-0.2, 0) is 11.4 Å². The van der Waals surface area contributed by atoms with Gasteiger partial charge in [0.15, 0.2) is 12.2 Å². The van der Waals surface area contributed by atoms with Gasteiger partial charge < -0.3 is 9.25 Å². The van der Waals surface area contributed by atoms with Gasteiger partial charge in [0.2, 0.25) is 5.89 Å². The summed E-state index contributed by atoms with van der Waals surface area (Å²) >= 11 is 0. The van der Waals surface area contributed by atoms with Crippen LogP contribution in [0.2, 0.25) is 0 Å². The van der Waals surface area contributed by atoms with Crippen molar-refractivity contribution in [1.82, 2.24) is 4.98 Å². The number of oxime groups is 1. The molecule has 0 amide bonds. The molecule has 0 unspecified atom stereocenters. The molecule has 0 saturated heterocycles. The molecular formula is C15H11FN2O2. The number of halogens is 1. The summed E-state index contributed by atoms with van der Waals surface area (Å²) in [5, 5.41) is 3.70. The highest BCUT2D eigenvalue weighted by Crippen LogP contribution is 2.15. The van der Waals surface area contributed by atoms with Crippen LogP contribution in [0.25, 0.3) is 11.1 Å². The first-order chi connectivity index (χ1) is 9.83. The Morgan fingerprint density at radius 1 is 1.15 bits per heavy atom. The van der Waals surface area contributed by atoms with Crippen molar-refractivity contribution in [3.63, 3.8) is 0 Å². The minimum Gasteiger partial charge on any atom is -0.437 e. The van der Waals surface area contributed by atoms with Crippen molar-refractivity contribution in [2.45, 2.75) is 6.61 Å². The summed E-state index contributed by atoms with van der Waals surface area (Å²) in [6, 6.07) is 13.8. The van der Waals surface area contributed by atoms with Gasteiger partial charge >= 0.3 is 0 Å². The molecule has 100 valence electrons. The second-order valence-electron chi connectivity index (χ2n) is 4.10. The predicted octanol–water partition coefficient (Wildman–Crippen LogP) is 3.52. The molecule has 0 bridgehead atoms. The Hall–Kier alpha value is -2.69. The predicted molar refractivity (Wildman–Crippen MR) is 72.8 cm³/mol. The Labute approximate surface area is 114 Å². The molecule has 0 fully saturated rings. The summed E-state index contributed by atoms with van der Waals surface area (Å²) in [5.74, 6) is 0.0820. The minimum absolute atomic E-state index is 0.0969. The SMILES string of the molecule is Fc1ccccc1/C=N\OCc1nc2ccccc2o1. The maximum atomic E-state index is 13.3. The zero-order valence-electron chi connectivity index (χ0n) is 10.5. The molecule has 0 aliphatic heterocycles. The average molecular weight is 270 g/mol. The third-order valence-electron chi connectivity index (χ3n) is 2.70. The molecule has 0 radical (unpaired) electrons. The van der Waals surface area contributed by atoms with Gasteiger partial charge in [-0.15, -0.1) is 0 Å². The van der Waals surface area contributed by atoms with E-state index in [9.17, 15) is 4.39 Å².